The summed E-state index contributed by atoms with van der Waals surface area (Å²) in [6, 6.07) is 23.8. The minimum absolute atomic E-state index is 0.0786. The van der Waals surface area contributed by atoms with E-state index < -0.39 is 57.8 Å². The number of likely N-dealkylation sites (tertiary alicyclic amines) is 4. The summed E-state index contributed by atoms with van der Waals surface area (Å²) in [6.07, 6.45) is 16.4. The van der Waals surface area contributed by atoms with Crippen molar-refractivity contribution in [2.45, 2.75) is 173 Å². The number of primary amides is 4. The number of ether oxygens (including phenoxy) is 1. The highest BCUT2D eigenvalue weighted by Gasteiger charge is 2.56. The molecule has 9 atom stereocenters. The highest BCUT2D eigenvalue weighted by Crippen LogP contribution is 2.61. The molecule has 0 spiro atoms. The van der Waals surface area contributed by atoms with Crippen LogP contribution in [-0.4, -0.2) is 229 Å². The molecule has 6 fully saturated rings. The molecule has 10 aliphatic rings. The van der Waals surface area contributed by atoms with Crippen LogP contribution in [0.5, 0.6) is 0 Å². The lowest BCUT2D eigenvalue weighted by molar-refractivity contribution is -0.138. The van der Waals surface area contributed by atoms with Crippen molar-refractivity contribution in [3.8, 4) is 70.6 Å². The quantitative estimate of drug-likeness (QED) is 0.0855. The van der Waals surface area contributed by atoms with Gasteiger partial charge in [0, 0.05) is 156 Å². The molecule has 1 aromatic carbocycles. The topological polar surface area (TPSA) is 467 Å². The van der Waals surface area contributed by atoms with Crippen molar-refractivity contribution in [2.75, 3.05) is 54.4 Å². The lowest BCUT2D eigenvalue weighted by atomic mass is 9.73. The molecule has 6 aliphatic carbocycles. The highest BCUT2D eigenvalue weighted by molar-refractivity contribution is 5.96. The molecule has 128 heavy (non-hydrogen) atoms. The molecule has 660 valence electrons. The summed E-state index contributed by atoms with van der Waals surface area (Å²) in [5.74, 6) is 21.9. The number of amides is 8. The molecule has 4 saturated heterocycles. The van der Waals surface area contributed by atoms with Gasteiger partial charge in [0.15, 0.2) is 46.0 Å². The molecule has 12 N–H and O–H groups in total. The van der Waals surface area contributed by atoms with E-state index in [1.54, 1.807) is 120 Å². The number of hydrogen-bond donors (Lipinski definition) is 8. The predicted octanol–water partition coefficient (Wildman–Crippen LogP) is 3.72. The van der Waals surface area contributed by atoms with Gasteiger partial charge in [-0.1, -0.05) is 119 Å². The third kappa shape index (κ3) is 17.1. The van der Waals surface area contributed by atoms with Crippen LogP contribution in [0.15, 0.2) is 104 Å². The van der Waals surface area contributed by atoms with E-state index in [0.717, 1.165) is 108 Å². The van der Waals surface area contributed by atoms with Crippen molar-refractivity contribution in [1.82, 2.24) is 78.7 Å². The molecule has 12 heterocycles. The van der Waals surface area contributed by atoms with Crippen LogP contribution in [0.25, 0.3) is 23.3 Å². The molecule has 4 aliphatic heterocycles. The second-order valence-electron chi connectivity index (χ2n) is 37.5. The fourth-order valence-corrected chi connectivity index (χ4v) is 18.6. The van der Waals surface area contributed by atoms with Gasteiger partial charge in [-0.3, -0.25) is 38.4 Å². The van der Waals surface area contributed by atoms with Gasteiger partial charge >= 0.3 is 0 Å². The average Bonchev–Trinajstić information content (AvgIpc) is 1.56. The SMILES string of the molecule is CN1CC[C@@](O)(C#Cc2ccnc(-n3nc(C(N)=O)c4c3CC(C)(C)CC4)c2)C1=O.CN1CC[C@@](O)(C#Cc2ccnc(-n3nc(C(N)=O)c4c3CC(C)(C)[C@@H](OCc3ccccc3)C4)c2)C1=O.CN1CC[C@@](O)(C#Cc2ccnc(-n3nc(C(N)=O)c4c3C[C@@]3(C)C[C@H]3C4)c2)C1=O.CN1CC[C@@](O)(C#Cc2ccnc(-n3nc(C(N)=O)c4c3C[C@]3(C)C[C@@H]3C4)c2)C1=O. The van der Waals surface area contributed by atoms with Gasteiger partial charge in [-0.25, -0.2) is 38.7 Å². The molecule has 0 bridgehead atoms. The third-order valence-electron chi connectivity index (χ3n) is 26.8. The number of aliphatic hydroxyl groups is 4. The standard InChI is InChI=1S/C29H31N5O4.2C22H23N5O3.C22H25N5O3/c1-28(2)17-22-21(16-23(28)38-18-20-7-5-4-6-8-20)25(26(30)35)32-34(22)24-15-19(10-13-31-24)9-11-29(37)12-14-33(3)27(29)36;2*1-21-11-14(21)10-15-16(12-21)27(25-18(15)19(23)28)17-9-13(4-7-24-17)3-5-22(30)6-8-26(2)20(22)29;1-21(2)7-5-15-16(13-21)27(25-18(15)19(23)28)17-12-14(6-10-24-17)4-8-22(30)9-11-26(3)20(22)29/h4-8,10,13,15,23,37H,12,14,16-18H2,1-3H3,(H2,30,35);2*4,7,9,14,30H,6,8,10-12H2,1-2H3,(H2,23,28);6,10,12,30H,5,7,9,11,13H2,1-3H3,(H2,23,28)/t23-,29-;14-,21-,22+;14-,21-,22-;22-/m0100/s1. The van der Waals surface area contributed by atoms with Crippen molar-refractivity contribution in [2.24, 2.45) is 56.4 Å². The number of benzene rings is 1. The Bertz CT molecular complexity index is 6050. The summed E-state index contributed by atoms with van der Waals surface area (Å²) in [4.78, 5) is 120. The molecule has 2 saturated carbocycles. The van der Waals surface area contributed by atoms with Crippen LogP contribution in [0.4, 0.5) is 0 Å². The lowest BCUT2D eigenvalue weighted by Gasteiger charge is -2.38. The second-order valence-corrected chi connectivity index (χ2v) is 37.5. The molecular weight excluding hydrogens is 1630 g/mol. The first-order valence-electron chi connectivity index (χ1n) is 42.8. The third-order valence-corrected chi connectivity index (χ3v) is 26.8. The van der Waals surface area contributed by atoms with Crippen molar-refractivity contribution in [3.05, 3.63) is 199 Å². The number of carbonyl (C=O) groups excluding carboxylic acids is 8. The number of nitrogens with two attached hydrogens (primary N) is 4. The molecule has 33 nitrogen and oxygen atoms in total. The number of likely N-dealkylation sites (N-methyl/N-ethyl adjacent to an activating group) is 4. The van der Waals surface area contributed by atoms with Gasteiger partial charge < -0.3 is 67.7 Å². The zero-order valence-electron chi connectivity index (χ0n) is 73.1. The van der Waals surface area contributed by atoms with E-state index in [0.29, 0.717) is 114 Å². The van der Waals surface area contributed by atoms with Gasteiger partial charge in [-0.2, -0.15) is 20.4 Å². The molecule has 8 amide bonds. The zero-order valence-corrected chi connectivity index (χ0v) is 73.1. The lowest BCUT2D eigenvalue weighted by Crippen LogP contribution is -2.40. The first kappa shape index (κ1) is 87.9. The van der Waals surface area contributed by atoms with Crippen molar-refractivity contribution in [1.29, 1.82) is 0 Å². The number of hydrogen-bond acceptors (Lipinski definition) is 21. The van der Waals surface area contributed by atoms with E-state index in [1.807, 2.05) is 30.3 Å². The van der Waals surface area contributed by atoms with Crippen molar-refractivity contribution < 1.29 is 63.5 Å². The first-order valence-corrected chi connectivity index (χ1v) is 42.8. The van der Waals surface area contributed by atoms with Crippen LogP contribution >= 0.6 is 0 Å². The van der Waals surface area contributed by atoms with E-state index >= 15 is 0 Å². The molecule has 9 aromatic rings. The fraction of sp³-hybridized carbons (Fsp3) is 0.432. The Labute approximate surface area is 739 Å². The number of pyridine rings is 4. The minimum Gasteiger partial charge on any atom is -0.373 e. The smallest absolute Gasteiger partial charge is 0.269 e. The summed E-state index contributed by atoms with van der Waals surface area (Å²) < 4.78 is 13.1. The number of fused-ring (bicyclic) bond motifs is 6. The summed E-state index contributed by atoms with van der Waals surface area (Å²) >= 11 is 0. The van der Waals surface area contributed by atoms with Gasteiger partial charge in [0.2, 0.25) is 22.4 Å². The van der Waals surface area contributed by atoms with Gasteiger partial charge in [-0.05, 0) is 152 Å². The Morgan fingerprint density at radius 3 is 1.03 bits per heavy atom. The van der Waals surface area contributed by atoms with Crippen LogP contribution < -0.4 is 22.9 Å². The van der Waals surface area contributed by atoms with Crippen LogP contribution in [0.3, 0.4) is 0 Å². The van der Waals surface area contributed by atoms with E-state index in [9.17, 15) is 58.8 Å². The van der Waals surface area contributed by atoms with Crippen LogP contribution in [0.2, 0.25) is 0 Å². The summed E-state index contributed by atoms with van der Waals surface area (Å²) in [6.45, 7) is 15.5. The van der Waals surface area contributed by atoms with E-state index in [-0.39, 0.29) is 76.6 Å². The minimum atomic E-state index is -1.69. The Morgan fingerprint density at radius 1 is 0.414 bits per heavy atom. The maximum atomic E-state index is 12.4. The maximum absolute atomic E-state index is 12.4. The zero-order chi connectivity index (χ0) is 91.3. The summed E-state index contributed by atoms with van der Waals surface area (Å²) in [5.41, 5.74) is 27.9. The Balaban J connectivity index is 0.000000126. The number of rotatable bonds is 11. The van der Waals surface area contributed by atoms with Crippen LogP contribution in [0, 0.1) is 80.9 Å². The van der Waals surface area contributed by atoms with E-state index in [4.69, 9.17) is 27.7 Å². The van der Waals surface area contributed by atoms with E-state index in [1.165, 1.54) is 19.6 Å². The molecule has 8 aromatic heterocycles. The van der Waals surface area contributed by atoms with Gasteiger partial charge in [0.25, 0.3) is 47.3 Å². The molecule has 0 unspecified atom stereocenters. The Morgan fingerprint density at radius 2 is 0.719 bits per heavy atom. The van der Waals surface area contributed by atoms with Crippen molar-refractivity contribution in [3.63, 3.8) is 0 Å². The van der Waals surface area contributed by atoms with E-state index in [2.05, 4.69) is 129 Å². The van der Waals surface area contributed by atoms with Gasteiger partial charge in [-0.15, -0.1) is 0 Å². The number of nitrogens with zero attached hydrogens (tertiary/aromatic N) is 16. The maximum Gasteiger partial charge on any atom is 0.269 e. The first-order chi connectivity index (χ1) is 60.6. The molecule has 0 radical (unpaired) electrons. The van der Waals surface area contributed by atoms with Crippen LogP contribution in [-0.2, 0) is 81.9 Å². The summed E-state index contributed by atoms with van der Waals surface area (Å²) in [5, 5.41) is 60.2. The van der Waals surface area contributed by atoms with Gasteiger partial charge in [0.1, 0.15) is 0 Å². The Kier molecular flexibility index (Phi) is 22.7. The molecule has 33 heteroatoms. The summed E-state index contributed by atoms with van der Waals surface area (Å²) in [7, 11) is 6.58. The highest BCUT2D eigenvalue weighted by atomic mass is 16.5. The van der Waals surface area contributed by atoms with Crippen LogP contribution in [0.1, 0.15) is 201 Å². The van der Waals surface area contributed by atoms with Gasteiger partial charge in [0.05, 0.1) is 35.5 Å². The molecular formula is C95H102N20O13. The average molecular weight is 1730 g/mol. The van der Waals surface area contributed by atoms with Crippen molar-refractivity contribution >= 4 is 47.3 Å². The normalized spacial score (nSPS) is 25.4. The largest absolute Gasteiger partial charge is 0.373 e. The monoisotopic (exact) mass is 1730 g/mol. The molecule has 19 rings (SSSR count). The number of carbonyl (C=O) groups is 8. The Hall–Kier alpha value is -13.5. The second kappa shape index (κ2) is 33.0. The predicted molar refractivity (Wildman–Crippen MR) is 465 cm³/mol. The number of aromatic nitrogens is 12. The fourth-order valence-electron chi connectivity index (χ4n) is 18.6.